The summed E-state index contributed by atoms with van der Waals surface area (Å²) in [6.45, 7) is 6.27. The van der Waals surface area contributed by atoms with E-state index in [1.54, 1.807) is 11.8 Å². The molecular formula is C19H26N2O3. The van der Waals surface area contributed by atoms with Gasteiger partial charge in [-0.25, -0.2) is 0 Å². The average molecular weight is 330 g/mol. The van der Waals surface area contributed by atoms with Gasteiger partial charge in [0.2, 0.25) is 5.91 Å². The number of aliphatic hydroxyl groups excluding tert-OH is 1. The van der Waals surface area contributed by atoms with Gasteiger partial charge in [-0.15, -0.1) is 0 Å². The highest BCUT2D eigenvalue weighted by Gasteiger charge is 2.37. The molecule has 1 aliphatic carbocycles. The van der Waals surface area contributed by atoms with Crippen LogP contribution < -0.4 is 10.2 Å². The van der Waals surface area contributed by atoms with Crippen molar-refractivity contribution in [3.05, 3.63) is 28.8 Å². The van der Waals surface area contributed by atoms with Crippen molar-refractivity contribution in [3.63, 3.8) is 0 Å². The zero-order valence-corrected chi connectivity index (χ0v) is 14.6. The first-order chi connectivity index (χ1) is 11.4. The van der Waals surface area contributed by atoms with Crippen LogP contribution >= 0.6 is 0 Å². The number of benzene rings is 1. The predicted octanol–water partition coefficient (Wildman–Crippen LogP) is 1.86. The first kappa shape index (κ1) is 17.0. The van der Waals surface area contributed by atoms with Gasteiger partial charge in [-0.2, -0.15) is 0 Å². The Morgan fingerprint density at radius 3 is 2.62 bits per heavy atom. The fourth-order valence-corrected chi connectivity index (χ4v) is 3.48. The number of fused-ring (bicyclic) bond motifs is 1. The molecule has 2 amide bonds. The van der Waals surface area contributed by atoms with E-state index < -0.39 is 12.1 Å². The van der Waals surface area contributed by atoms with Crippen LogP contribution in [0.3, 0.4) is 0 Å². The molecule has 3 rings (SSSR count). The smallest absolute Gasteiger partial charge is 0.252 e. The second-order valence-electron chi connectivity index (χ2n) is 7.17. The quantitative estimate of drug-likeness (QED) is 0.885. The van der Waals surface area contributed by atoms with Crippen molar-refractivity contribution < 1.29 is 14.7 Å². The van der Waals surface area contributed by atoms with Crippen molar-refractivity contribution in [1.82, 2.24) is 5.32 Å². The zero-order valence-electron chi connectivity index (χ0n) is 14.6. The standard InChI is InChI=1S/C19H26N2O3/c1-11-9-12(2)15-5-4-8-21(16(15)10-11)19(24)17(13(3)22)20-18(23)14-6-7-14/h9-10,13-14,17,22H,4-8H2,1-3H3,(H,20,23). The summed E-state index contributed by atoms with van der Waals surface area (Å²) in [5.41, 5.74) is 4.42. The number of aliphatic hydroxyl groups is 1. The minimum Gasteiger partial charge on any atom is -0.391 e. The van der Waals surface area contributed by atoms with Crippen LogP contribution in [-0.4, -0.2) is 35.6 Å². The molecule has 130 valence electrons. The molecule has 5 heteroatoms. The number of nitrogens with one attached hydrogen (secondary N) is 1. The molecular weight excluding hydrogens is 304 g/mol. The summed E-state index contributed by atoms with van der Waals surface area (Å²) in [6.07, 6.45) is 2.68. The van der Waals surface area contributed by atoms with Gasteiger partial charge in [-0.1, -0.05) is 6.07 Å². The van der Waals surface area contributed by atoms with Crippen molar-refractivity contribution in [2.75, 3.05) is 11.4 Å². The van der Waals surface area contributed by atoms with Crippen LogP contribution in [0.4, 0.5) is 5.69 Å². The number of anilines is 1. The number of aryl methyl sites for hydroxylation is 2. The SMILES string of the molecule is Cc1cc(C)c2c(c1)N(C(=O)C(NC(=O)C1CC1)C(C)O)CCC2. The maximum absolute atomic E-state index is 13.1. The first-order valence-electron chi connectivity index (χ1n) is 8.78. The second-order valence-corrected chi connectivity index (χ2v) is 7.17. The Labute approximate surface area is 143 Å². The van der Waals surface area contributed by atoms with Crippen molar-refractivity contribution in [1.29, 1.82) is 0 Å². The van der Waals surface area contributed by atoms with Gasteiger partial charge in [-0.05, 0) is 69.2 Å². The van der Waals surface area contributed by atoms with Crippen LogP contribution in [-0.2, 0) is 16.0 Å². The molecule has 0 radical (unpaired) electrons. The minimum atomic E-state index is -0.920. The largest absolute Gasteiger partial charge is 0.391 e. The van der Waals surface area contributed by atoms with E-state index >= 15 is 0 Å². The fraction of sp³-hybridized carbons (Fsp3) is 0.579. The highest BCUT2D eigenvalue weighted by molar-refractivity contribution is 6.01. The molecule has 24 heavy (non-hydrogen) atoms. The van der Waals surface area contributed by atoms with Crippen molar-refractivity contribution in [2.24, 2.45) is 5.92 Å². The summed E-state index contributed by atoms with van der Waals surface area (Å²) >= 11 is 0. The molecule has 1 saturated carbocycles. The third kappa shape index (κ3) is 3.31. The molecule has 0 aromatic heterocycles. The maximum Gasteiger partial charge on any atom is 0.252 e. The molecule has 0 saturated heterocycles. The minimum absolute atomic E-state index is 0.0113. The summed E-state index contributed by atoms with van der Waals surface area (Å²) in [5.74, 6) is -0.325. The van der Waals surface area contributed by atoms with Crippen molar-refractivity contribution in [2.45, 2.75) is 58.6 Å². The Bertz CT molecular complexity index is 665. The molecule has 2 aliphatic rings. The molecule has 1 aromatic carbocycles. The third-order valence-electron chi connectivity index (χ3n) is 4.95. The van der Waals surface area contributed by atoms with Gasteiger partial charge in [0.25, 0.3) is 5.91 Å². The molecule has 5 nitrogen and oxygen atoms in total. The number of carbonyl (C=O) groups excluding carboxylic acids is 2. The van der Waals surface area contributed by atoms with Gasteiger partial charge in [0.05, 0.1) is 6.10 Å². The lowest BCUT2D eigenvalue weighted by Crippen LogP contribution is -2.55. The van der Waals surface area contributed by atoms with Gasteiger partial charge < -0.3 is 15.3 Å². The summed E-state index contributed by atoms with van der Waals surface area (Å²) < 4.78 is 0. The fourth-order valence-electron chi connectivity index (χ4n) is 3.48. The van der Waals surface area contributed by atoms with E-state index in [4.69, 9.17) is 0 Å². The molecule has 1 aromatic rings. The van der Waals surface area contributed by atoms with Crippen LogP contribution in [0.15, 0.2) is 12.1 Å². The molecule has 2 atom stereocenters. The lowest BCUT2D eigenvalue weighted by molar-refractivity contribution is -0.130. The van der Waals surface area contributed by atoms with Crippen molar-refractivity contribution >= 4 is 17.5 Å². The number of nitrogens with zero attached hydrogens (tertiary/aromatic N) is 1. The topological polar surface area (TPSA) is 69.6 Å². The van der Waals surface area contributed by atoms with Crippen LogP contribution in [0.1, 0.15) is 42.9 Å². The van der Waals surface area contributed by atoms with Crippen molar-refractivity contribution in [3.8, 4) is 0 Å². The summed E-state index contributed by atoms with van der Waals surface area (Å²) in [4.78, 5) is 26.9. The number of carbonyl (C=O) groups is 2. The summed E-state index contributed by atoms with van der Waals surface area (Å²) in [5, 5.41) is 12.8. The molecule has 0 bridgehead atoms. The Hall–Kier alpha value is -1.88. The number of amides is 2. The van der Waals surface area contributed by atoms with Gasteiger partial charge in [0.15, 0.2) is 0 Å². The normalized spacial score (nSPS) is 19.4. The number of rotatable bonds is 4. The molecule has 2 N–H and O–H groups in total. The van der Waals surface area contributed by atoms with E-state index in [2.05, 4.69) is 18.3 Å². The Morgan fingerprint density at radius 1 is 1.29 bits per heavy atom. The summed E-state index contributed by atoms with van der Waals surface area (Å²) in [6, 6.07) is 3.28. The molecule has 1 aliphatic heterocycles. The monoisotopic (exact) mass is 330 g/mol. The van der Waals surface area contributed by atoms with Gasteiger partial charge in [0, 0.05) is 18.2 Å². The van der Waals surface area contributed by atoms with Crippen LogP contribution in [0.5, 0.6) is 0 Å². The second kappa shape index (κ2) is 6.55. The molecule has 1 fully saturated rings. The highest BCUT2D eigenvalue weighted by Crippen LogP contribution is 2.32. The van der Waals surface area contributed by atoms with E-state index in [0.29, 0.717) is 6.54 Å². The van der Waals surface area contributed by atoms with E-state index in [1.165, 1.54) is 11.1 Å². The zero-order chi connectivity index (χ0) is 17.4. The van der Waals surface area contributed by atoms with Crippen LogP contribution in [0, 0.1) is 19.8 Å². The first-order valence-corrected chi connectivity index (χ1v) is 8.78. The highest BCUT2D eigenvalue weighted by atomic mass is 16.3. The van der Waals surface area contributed by atoms with E-state index in [-0.39, 0.29) is 17.7 Å². The lowest BCUT2D eigenvalue weighted by Gasteiger charge is -2.34. The van der Waals surface area contributed by atoms with Gasteiger partial charge in [-0.3, -0.25) is 9.59 Å². The van der Waals surface area contributed by atoms with Crippen LogP contribution in [0.25, 0.3) is 0 Å². The third-order valence-corrected chi connectivity index (χ3v) is 4.95. The Morgan fingerprint density at radius 2 is 2.00 bits per heavy atom. The van der Waals surface area contributed by atoms with Gasteiger partial charge >= 0.3 is 0 Å². The van der Waals surface area contributed by atoms with Crippen LogP contribution in [0.2, 0.25) is 0 Å². The van der Waals surface area contributed by atoms with E-state index in [9.17, 15) is 14.7 Å². The number of hydrogen-bond acceptors (Lipinski definition) is 3. The maximum atomic E-state index is 13.1. The predicted molar refractivity (Wildman–Crippen MR) is 92.9 cm³/mol. The average Bonchev–Trinajstić information content (AvgIpc) is 3.35. The van der Waals surface area contributed by atoms with Gasteiger partial charge in [0.1, 0.15) is 6.04 Å². The Balaban J connectivity index is 1.87. The van der Waals surface area contributed by atoms with E-state index in [1.807, 2.05) is 13.0 Å². The Kier molecular flexibility index (Phi) is 4.63. The number of hydrogen-bond donors (Lipinski definition) is 2. The molecule has 1 heterocycles. The van der Waals surface area contributed by atoms with E-state index in [0.717, 1.165) is 36.9 Å². The summed E-state index contributed by atoms with van der Waals surface area (Å²) in [7, 11) is 0. The molecule has 2 unspecified atom stereocenters. The molecule has 0 spiro atoms. The lowest BCUT2D eigenvalue weighted by atomic mass is 9.94.